The number of aliphatic carboxylic acids is 1. The molecule has 0 bridgehead atoms. The summed E-state index contributed by atoms with van der Waals surface area (Å²) in [4.78, 5) is 78.6. The third-order valence-electron chi connectivity index (χ3n) is 7.17. The maximum Gasteiger partial charge on any atom is 0.414 e. The van der Waals surface area contributed by atoms with Gasteiger partial charge in [-0.15, -0.1) is 11.3 Å². The molecule has 2 aromatic rings. The van der Waals surface area contributed by atoms with Gasteiger partial charge in [-0.25, -0.2) is 4.79 Å². The summed E-state index contributed by atoms with van der Waals surface area (Å²) in [5.74, 6) is -2.73. The Hall–Kier alpha value is -4.05. The second-order valence-corrected chi connectivity index (χ2v) is 12.1. The molecule has 0 unspecified atom stereocenters. The van der Waals surface area contributed by atoms with Crippen LogP contribution in [0.2, 0.25) is 4.34 Å². The van der Waals surface area contributed by atoms with Gasteiger partial charge in [0, 0.05) is 37.3 Å². The minimum absolute atomic E-state index is 0. The van der Waals surface area contributed by atoms with Crippen LogP contribution in [0.25, 0.3) is 0 Å². The van der Waals surface area contributed by atoms with Gasteiger partial charge in [0.05, 0.1) is 35.0 Å². The quantitative estimate of drug-likeness (QED) is 0.250. The molecule has 2 aliphatic heterocycles. The monoisotopic (exact) mass is 679 g/mol. The number of rotatable bonds is 14. The van der Waals surface area contributed by atoms with Gasteiger partial charge in [-0.2, -0.15) is 0 Å². The lowest BCUT2D eigenvalue weighted by Gasteiger charge is -2.27. The number of hydrogen-bond donors (Lipinski definition) is 3. The summed E-state index contributed by atoms with van der Waals surface area (Å²) in [6.07, 6.45) is -0.911. The maximum absolute atomic E-state index is 13.3. The van der Waals surface area contributed by atoms with E-state index >= 15 is 0 Å². The SMILES string of the molecule is C.N[C@@H](CCC(=O)O)C(=O)NCCCCC(=O)N(C[C@H]1CN(c2ccc(N3CCOCC3=O)cc2)C(=O)O1)C(=O)c1ccc(Cl)s1. The van der Waals surface area contributed by atoms with Crippen LogP contribution < -0.4 is 20.9 Å². The minimum atomic E-state index is -1.04. The van der Waals surface area contributed by atoms with Gasteiger partial charge in [-0.05, 0) is 55.7 Å². The Labute approximate surface area is 275 Å². The van der Waals surface area contributed by atoms with Crippen LogP contribution >= 0.6 is 22.9 Å². The van der Waals surface area contributed by atoms with Crippen molar-refractivity contribution in [3.8, 4) is 0 Å². The van der Waals surface area contributed by atoms with E-state index < -0.39 is 41.9 Å². The van der Waals surface area contributed by atoms with Gasteiger partial charge >= 0.3 is 12.1 Å². The van der Waals surface area contributed by atoms with Crippen molar-refractivity contribution in [1.29, 1.82) is 0 Å². The first kappa shape index (κ1) is 36.4. The molecule has 5 amide bonds. The number of carbonyl (C=O) groups excluding carboxylic acids is 5. The Kier molecular flexibility index (Phi) is 13.5. The molecule has 46 heavy (non-hydrogen) atoms. The van der Waals surface area contributed by atoms with E-state index in [0.717, 1.165) is 16.2 Å². The van der Waals surface area contributed by atoms with Gasteiger partial charge in [-0.1, -0.05) is 19.0 Å². The van der Waals surface area contributed by atoms with Crippen LogP contribution in [0.1, 0.15) is 49.2 Å². The zero-order valence-electron chi connectivity index (χ0n) is 24.3. The van der Waals surface area contributed by atoms with E-state index in [0.29, 0.717) is 41.7 Å². The van der Waals surface area contributed by atoms with E-state index in [1.165, 1.54) is 11.0 Å². The number of carboxylic acids is 1. The molecule has 4 N–H and O–H groups in total. The fourth-order valence-electron chi connectivity index (χ4n) is 4.78. The Morgan fingerprint density at radius 1 is 1.07 bits per heavy atom. The van der Waals surface area contributed by atoms with E-state index in [1.807, 2.05) is 0 Å². The Balaban J connectivity index is 0.00000576. The average Bonchev–Trinajstić information content (AvgIpc) is 3.63. The summed E-state index contributed by atoms with van der Waals surface area (Å²) in [5, 5.41) is 11.4. The van der Waals surface area contributed by atoms with Crippen molar-refractivity contribution in [2.24, 2.45) is 5.73 Å². The van der Waals surface area contributed by atoms with Crippen LogP contribution in [0.3, 0.4) is 0 Å². The van der Waals surface area contributed by atoms with Crippen molar-refractivity contribution >= 4 is 70.0 Å². The first-order chi connectivity index (χ1) is 21.5. The summed E-state index contributed by atoms with van der Waals surface area (Å²) in [5.41, 5.74) is 6.90. The van der Waals surface area contributed by atoms with Gasteiger partial charge in [0.1, 0.15) is 12.7 Å². The first-order valence-electron chi connectivity index (χ1n) is 14.3. The summed E-state index contributed by atoms with van der Waals surface area (Å²) >= 11 is 7.05. The van der Waals surface area contributed by atoms with Crippen molar-refractivity contribution in [2.75, 3.05) is 49.2 Å². The average molecular weight is 680 g/mol. The van der Waals surface area contributed by atoms with Gasteiger partial charge in [0.2, 0.25) is 11.8 Å². The molecule has 2 atom stereocenters. The summed E-state index contributed by atoms with van der Waals surface area (Å²) in [7, 11) is 0. The number of benzene rings is 1. The molecule has 3 heterocycles. The molecule has 2 aliphatic rings. The smallest absolute Gasteiger partial charge is 0.414 e. The molecule has 4 rings (SSSR count). The molecule has 0 aliphatic carbocycles. The number of thiophene rings is 1. The zero-order chi connectivity index (χ0) is 32.5. The number of ether oxygens (including phenoxy) is 2. The van der Waals surface area contributed by atoms with Gasteiger partial charge in [-0.3, -0.25) is 33.8 Å². The van der Waals surface area contributed by atoms with E-state index in [1.54, 1.807) is 35.2 Å². The summed E-state index contributed by atoms with van der Waals surface area (Å²) < 4.78 is 11.1. The lowest BCUT2D eigenvalue weighted by atomic mass is 10.1. The maximum atomic E-state index is 13.3. The third kappa shape index (κ3) is 9.72. The highest BCUT2D eigenvalue weighted by molar-refractivity contribution is 7.18. The number of nitrogens with two attached hydrogens (primary N) is 1. The van der Waals surface area contributed by atoms with Gasteiger partial charge in [0.15, 0.2) is 0 Å². The second-order valence-electron chi connectivity index (χ2n) is 10.4. The minimum Gasteiger partial charge on any atom is -0.481 e. The number of amides is 5. The summed E-state index contributed by atoms with van der Waals surface area (Å²) in [6.45, 7) is 0.998. The number of anilines is 2. The largest absolute Gasteiger partial charge is 0.481 e. The second kappa shape index (κ2) is 17.0. The molecule has 2 fully saturated rings. The number of cyclic esters (lactones) is 1. The Bertz CT molecular complexity index is 1420. The van der Waals surface area contributed by atoms with Crippen molar-refractivity contribution < 1.29 is 43.3 Å². The Morgan fingerprint density at radius 2 is 1.76 bits per heavy atom. The molecule has 250 valence electrons. The molecule has 14 nitrogen and oxygen atoms in total. The standard InChI is InChI=1S/C29H34ClN5O9S.CH4/c30-23-10-9-22(45-23)28(41)35(24(36)3-1-2-12-32-27(40)21(31)8-11-26(38)39)16-20-15-34(29(42)44-20)19-6-4-18(5-7-19)33-13-14-43-17-25(33)37;/h4-7,9-10,20-21H,1-3,8,11-17,31H2,(H,32,40)(H,38,39);1H4/t20-,21+;/m1./s1. The fourth-order valence-corrected chi connectivity index (χ4v) is 5.78. The van der Waals surface area contributed by atoms with Crippen LogP contribution in [0.5, 0.6) is 0 Å². The van der Waals surface area contributed by atoms with Gasteiger partial charge in [0.25, 0.3) is 11.8 Å². The number of halogens is 1. The number of carboxylic acid groups (broad SMARTS) is 1. The molecule has 1 aromatic heterocycles. The molecule has 1 aromatic carbocycles. The number of morpholine rings is 1. The zero-order valence-corrected chi connectivity index (χ0v) is 25.9. The Morgan fingerprint density at radius 3 is 2.39 bits per heavy atom. The van der Waals surface area contributed by atoms with E-state index in [2.05, 4.69) is 5.32 Å². The number of imide groups is 1. The number of nitrogens with one attached hydrogen (secondary N) is 1. The van der Waals surface area contributed by atoms with E-state index in [4.69, 9.17) is 31.9 Å². The molecule has 0 saturated carbocycles. The van der Waals surface area contributed by atoms with Crippen molar-refractivity contribution in [2.45, 2.75) is 51.7 Å². The predicted octanol–water partition coefficient (Wildman–Crippen LogP) is 2.87. The van der Waals surface area contributed by atoms with Crippen LogP contribution in [-0.4, -0.2) is 97.2 Å². The molecule has 0 radical (unpaired) electrons. The molecule has 0 spiro atoms. The number of carbonyl (C=O) groups is 6. The van der Waals surface area contributed by atoms with Gasteiger partial charge < -0.3 is 30.5 Å². The fraction of sp³-hybridized carbons (Fsp3) is 0.467. The van der Waals surface area contributed by atoms with Crippen LogP contribution in [0, 0.1) is 0 Å². The molecular weight excluding hydrogens is 642 g/mol. The summed E-state index contributed by atoms with van der Waals surface area (Å²) in [6, 6.07) is 8.97. The first-order valence-corrected chi connectivity index (χ1v) is 15.5. The molecule has 2 saturated heterocycles. The third-order valence-corrected chi connectivity index (χ3v) is 8.39. The lowest BCUT2D eigenvalue weighted by Crippen LogP contribution is -2.43. The van der Waals surface area contributed by atoms with Crippen LogP contribution in [-0.2, 0) is 28.7 Å². The highest BCUT2D eigenvalue weighted by Crippen LogP contribution is 2.27. The number of nitrogens with zero attached hydrogens (tertiary/aromatic N) is 3. The molecular formula is C30H38ClN5O9S. The van der Waals surface area contributed by atoms with Crippen molar-refractivity contribution in [3.63, 3.8) is 0 Å². The van der Waals surface area contributed by atoms with E-state index in [9.17, 15) is 28.8 Å². The van der Waals surface area contributed by atoms with Crippen LogP contribution in [0.15, 0.2) is 36.4 Å². The predicted molar refractivity (Wildman–Crippen MR) is 171 cm³/mol. The highest BCUT2D eigenvalue weighted by atomic mass is 35.5. The van der Waals surface area contributed by atoms with Crippen molar-refractivity contribution in [1.82, 2.24) is 10.2 Å². The normalized spacial score (nSPS) is 16.8. The topological polar surface area (TPSA) is 189 Å². The van der Waals surface area contributed by atoms with Crippen molar-refractivity contribution in [3.05, 3.63) is 45.6 Å². The lowest BCUT2D eigenvalue weighted by molar-refractivity contribution is -0.137. The molecule has 16 heteroatoms. The highest BCUT2D eigenvalue weighted by Gasteiger charge is 2.36. The number of unbranched alkanes of at least 4 members (excludes halogenated alkanes) is 1. The van der Waals surface area contributed by atoms with Crippen LogP contribution in [0.4, 0.5) is 16.2 Å². The number of hydrogen-bond acceptors (Lipinski definition) is 10. The van der Waals surface area contributed by atoms with E-state index in [-0.39, 0.29) is 63.7 Å².